The molecule has 0 aromatic carbocycles. The van der Waals surface area contributed by atoms with E-state index in [9.17, 15) is 0 Å². The molecule has 84 valence electrons. The van der Waals surface area contributed by atoms with Gasteiger partial charge >= 0.3 is 0 Å². The highest BCUT2D eigenvalue weighted by molar-refractivity contribution is 7.99. The topological polar surface area (TPSA) is 25.2 Å². The molecule has 0 amide bonds. The van der Waals surface area contributed by atoms with Gasteiger partial charge in [-0.1, -0.05) is 6.92 Å². The van der Waals surface area contributed by atoms with Crippen LogP contribution < -0.4 is 5.32 Å². The molecule has 1 N–H and O–H groups in total. The molecule has 1 aromatic heterocycles. The Hall–Kier alpha value is -0.410. The number of rotatable bonds is 4. The van der Waals surface area contributed by atoms with Gasteiger partial charge in [0.05, 0.1) is 6.54 Å². The average Bonchev–Trinajstić information content (AvgIpc) is 2.76. The van der Waals surface area contributed by atoms with Crippen molar-refractivity contribution in [2.45, 2.75) is 38.8 Å². The van der Waals surface area contributed by atoms with Gasteiger partial charge in [0.2, 0.25) is 0 Å². The summed E-state index contributed by atoms with van der Waals surface area (Å²) in [6.07, 6.45) is 3.65. The molecule has 0 radical (unpaired) electrons. The van der Waals surface area contributed by atoms with E-state index < -0.39 is 0 Å². The number of hydrogen-bond donors (Lipinski definition) is 1. The van der Waals surface area contributed by atoms with Gasteiger partial charge in [-0.25, -0.2) is 0 Å². The highest BCUT2D eigenvalue weighted by Gasteiger charge is 2.13. The number of nitrogens with one attached hydrogen (secondary N) is 1. The molecule has 1 unspecified atom stereocenters. The van der Waals surface area contributed by atoms with E-state index in [0.29, 0.717) is 6.04 Å². The zero-order valence-electron chi connectivity index (χ0n) is 9.29. The Morgan fingerprint density at radius 1 is 1.47 bits per heavy atom. The number of hydrogen-bond acceptors (Lipinski definition) is 3. The Kier molecular flexibility index (Phi) is 4.15. The van der Waals surface area contributed by atoms with E-state index in [1.165, 1.54) is 24.3 Å². The molecule has 0 aliphatic carbocycles. The van der Waals surface area contributed by atoms with Crippen molar-refractivity contribution < 1.29 is 4.42 Å². The van der Waals surface area contributed by atoms with Crippen molar-refractivity contribution in [2.75, 3.05) is 11.5 Å². The van der Waals surface area contributed by atoms with Gasteiger partial charge in [0, 0.05) is 18.2 Å². The molecule has 1 saturated heterocycles. The van der Waals surface area contributed by atoms with E-state index >= 15 is 0 Å². The second-order valence-electron chi connectivity index (χ2n) is 4.02. The van der Waals surface area contributed by atoms with Gasteiger partial charge in [0.15, 0.2) is 0 Å². The van der Waals surface area contributed by atoms with Crippen LogP contribution in [0.25, 0.3) is 0 Å². The molecule has 3 heteroatoms. The summed E-state index contributed by atoms with van der Waals surface area (Å²) in [6.45, 7) is 3.00. The maximum absolute atomic E-state index is 5.65. The third-order valence-electron chi connectivity index (χ3n) is 2.79. The van der Waals surface area contributed by atoms with Crippen LogP contribution in [0.4, 0.5) is 0 Å². The number of thioether (sulfide) groups is 1. The smallest absolute Gasteiger partial charge is 0.117 e. The normalized spacial score (nSPS) is 21.8. The first-order valence-electron chi connectivity index (χ1n) is 5.77. The Labute approximate surface area is 95.8 Å². The van der Waals surface area contributed by atoms with Gasteiger partial charge in [-0.15, -0.1) is 0 Å². The summed E-state index contributed by atoms with van der Waals surface area (Å²) < 4.78 is 5.65. The van der Waals surface area contributed by atoms with Crippen LogP contribution >= 0.6 is 11.8 Å². The summed E-state index contributed by atoms with van der Waals surface area (Å²) in [5.41, 5.74) is 0. The van der Waals surface area contributed by atoms with Gasteiger partial charge < -0.3 is 9.73 Å². The van der Waals surface area contributed by atoms with Crippen molar-refractivity contribution in [1.29, 1.82) is 0 Å². The molecule has 1 aliphatic rings. The van der Waals surface area contributed by atoms with Crippen molar-refractivity contribution in [1.82, 2.24) is 5.32 Å². The van der Waals surface area contributed by atoms with Gasteiger partial charge in [-0.2, -0.15) is 11.8 Å². The van der Waals surface area contributed by atoms with Crippen molar-refractivity contribution in [3.8, 4) is 0 Å². The Bertz CT molecular complexity index is 292. The number of aryl methyl sites for hydroxylation is 1. The van der Waals surface area contributed by atoms with Crippen LogP contribution in [0.15, 0.2) is 16.5 Å². The van der Waals surface area contributed by atoms with Gasteiger partial charge in [0.1, 0.15) is 11.5 Å². The molecule has 2 nitrogen and oxygen atoms in total. The predicted molar refractivity (Wildman–Crippen MR) is 65.3 cm³/mol. The lowest BCUT2D eigenvalue weighted by Gasteiger charge is -2.21. The summed E-state index contributed by atoms with van der Waals surface area (Å²) in [6, 6.07) is 4.84. The first-order valence-corrected chi connectivity index (χ1v) is 6.92. The first-order chi connectivity index (χ1) is 7.38. The molecule has 2 heterocycles. The minimum Gasteiger partial charge on any atom is -0.465 e. The largest absolute Gasteiger partial charge is 0.465 e. The molecule has 15 heavy (non-hydrogen) atoms. The van der Waals surface area contributed by atoms with Crippen molar-refractivity contribution in [2.24, 2.45) is 0 Å². The molecule has 0 spiro atoms. The van der Waals surface area contributed by atoms with Crippen molar-refractivity contribution in [3.05, 3.63) is 23.7 Å². The third kappa shape index (κ3) is 3.28. The van der Waals surface area contributed by atoms with Crippen LogP contribution in [-0.4, -0.2) is 17.5 Å². The van der Waals surface area contributed by atoms with E-state index in [2.05, 4.69) is 36.1 Å². The fraction of sp³-hybridized carbons (Fsp3) is 0.667. The standard InChI is InChI=1S/C12H19NOS/c1-2-11-5-6-12(14-11)8-13-10-4-3-7-15-9-10/h5-6,10,13H,2-4,7-9H2,1H3. The van der Waals surface area contributed by atoms with E-state index in [1.54, 1.807) is 0 Å². The van der Waals surface area contributed by atoms with Crippen LogP contribution in [0, 0.1) is 0 Å². The third-order valence-corrected chi connectivity index (χ3v) is 4.01. The highest BCUT2D eigenvalue weighted by Crippen LogP contribution is 2.17. The average molecular weight is 225 g/mol. The summed E-state index contributed by atoms with van der Waals surface area (Å²) in [5.74, 6) is 4.74. The van der Waals surface area contributed by atoms with Crippen LogP contribution in [0.1, 0.15) is 31.3 Å². The number of furan rings is 1. The molecule has 0 saturated carbocycles. The zero-order chi connectivity index (χ0) is 10.5. The van der Waals surface area contributed by atoms with Crippen LogP contribution in [0.3, 0.4) is 0 Å². The van der Waals surface area contributed by atoms with E-state index in [1.807, 2.05) is 0 Å². The maximum atomic E-state index is 5.65. The summed E-state index contributed by atoms with van der Waals surface area (Å²) in [7, 11) is 0. The highest BCUT2D eigenvalue weighted by atomic mass is 32.2. The van der Waals surface area contributed by atoms with Gasteiger partial charge in [-0.3, -0.25) is 0 Å². The van der Waals surface area contributed by atoms with Gasteiger partial charge in [0.25, 0.3) is 0 Å². The molecular weight excluding hydrogens is 206 g/mol. The molecule has 1 fully saturated rings. The fourth-order valence-electron chi connectivity index (χ4n) is 1.85. The van der Waals surface area contributed by atoms with Gasteiger partial charge in [-0.05, 0) is 30.7 Å². The summed E-state index contributed by atoms with van der Waals surface area (Å²) in [5, 5.41) is 3.56. The molecule has 1 aliphatic heterocycles. The SMILES string of the molecule is CCc1ccc(CNC2CCCSC2)o1. The van der Waals surface area contributed by atoms with E-state index in [4.69, 9.17) is 4.42 Å². The second-order valence-corrected chi connectivity index (χ2v) is 5.17. The first kappa shape index (κ1) is 11.1. The quantitative estimate of drug-likeness (QED) is 0.853. The Morgan fingerprint density at radius 2 is 2.33 bits per heavy atom. The minimum atomic E-state index is 0.680. The lowest BCUT2D eigenvalue weighted by Crippen LogP contribution is -2.33. The molecule has 0 bridgehead atoms. The fourth-order valence-corrected chi connectivity index (χ4v) is 2.96. The van der Waals surface area contributed by atoms with Crippen molar-refractivity contribution >= 4 is 11.8 Å². The molecule has 2 rings (SSSR count). The molecule has 1 atom stereocenters. The lowest BCUT2D eigenvalue weighted by atomic mass is 10.2. The summed E-state index contributed by atoms with van der Waals surface area (Å²) in [4.78, 5) is 0. The van der Waals surface area contributed by atoms with Crippen LogP contribution in [0.5, 0.6) is 0 Å². The van der Waals surface area contributed by atoms with E-state index in [-0.39, 0.29) is 0 Å². The maximum Gasteiger partial charge on any atom is 0.117 e. The summed E-state index contributed by atoms with van der Waals surface area (Å²) >= 11 is 2.05. The minimum absolute atomic E-state index is 0.680. The predicted octanol–water partition coefficient (Wildman–Crippen LogP) is 2.83. The molecular formula is C12H19NOS. The lowest BCUT2D eigenvalue weighted by molar-refractivity contribution is 0.423. The van der Waals surface area contributed by atoms with Crippen LogP contribution in [0.2, 0.25) is 0 Å². The van der Waals surface area contributed by atoms with Crippen molar-refractivity contribution in [3.63, 3.8) is 0 Å². The Morgan fingerprint density at radius 3 is 3.00 bits per heavy atom. The van der Waals surface area contributed by atoms with E-state index in [0.717, 1.165) is 24.5 Å². The molecule has 1 aromatic rings. The zero-order valence-corrected chi connectivity index (χ0v) is 10.1. The van der Waals surface area contributed by atoms with Crippen LogP contribution in [-0.2, 0) is 13.0 Å². The second kappa shape index (κ2) is 5.61. The monoisotopic (exact) mass is 225 g/mol. The Balaban J connectivity index is 1.76.